The standard InChI is InChI=1S/2C3H4O2.CO/c2*1-2-3(4)5;1-2/h2*2H,1H2,(H,4,5);/q;;+2/p-2. The van der Waals surface area contributed by atoms with Crippen molar-refractivity contribution >= 4 is 18.7 Å². The minimum absolute atomic E-state index is 0.722. The number of rotatable bonds is 2. The average Bonchev–Trinajstić information content (AvgIpc) is 2.09. The first-order valence-corrected chi connectivity index (χ1v) is 2.41. The van der Waals surface area contributed by atoms with Gasteiger partial charge in [-0.3, -0.25) is 0 Å². The van der Waals surface area contributed by atoms with Gasteiger partial charge < -0.3 is 19.8 Å². The van der Waals surface area contributed by atoms with E-state index in [1.807, 2.05) is 0 Å². The van der Waals surface area contributed by atoms with E-state index in [4.69, 9.17) is 24.6 Å². The summed E-state index contributed by atoms with van der Waals surface area (Å²) in [4.78, 5) is 25.8. The van der Waals surface area contributed by atoms with Crippen molar-refractivity contribution in [3.8, 4) is 0 Å². The van der Waals surface area contributed by atoms with Gasteiger partial charge in [0.15, 0.2) is 0 Å². The van der Waals surface area contributed by atoms with Crippen molar-refractivity contribution in [3.63, 3.8) is 0 Å². The Morgan fingerprint density at radius 2 is 1.08 bits per heavy atom. The molecular weight excluding hydrogens is 164 g/mol. The number of hydrogen-bond donors (Lipinski definition) is 0. The van der Waals surface area contributed by atoms with Gasteiger partial charge in [0.1, 0.15) is 0 Å². The Hall–Kier alpha value is -1.78. The molecule has 0 amide bonds. The number of hydrogen-bond acceptors (Lipinski definition) is 5. The van der Waals surface area contributed by atoms with Gasteiger partial charge in [-0.2, -0.15) is 0 Å². The number of carbonyl (C=O) groups excluding carboxylic acids is 3. The molecule has 0 aliphatic carbocycles. The van der Waals surface area contributed by atoms with Gasteiger partial charge in [0.2, 0.25) is 0 Å². The van der Waals surface area contributed by atoms with Crippen LogP contribution in [0.3, 0.4) is 0 Å². The van der Waals surface area contributed by atoms with Crippen LogP contribution in [0.4, 0.5) is 0 Å². The Bertz CT molecular complexity index is 143. The normalized spacial score (nSPS) is 5.83. The first-order valence-electron chi connectivity index (χ1n) is 2.41. The van der Waals surface area contributed by atoms with Crippen LogP contribution in [0.25, 0.3) is 0 Å². The Labute approximate surface area is 69.6 Å². The van der Waals surface area contributed by atoms with Crippen molar-refractivity contribution in [2.24, 2.45) is 0 Å². The zero-order chi connectivity index (χ0) is 10.6. The second-order valence-electron chi connectivity index (χ2n) is 1.05. The molecule has 0 aromatic heterocycles. The Morgan fingerprint density at radius 1 is 1.00 bits per heavy atom. The summed E-state index contributed by atoms with van der Waals surface area (Å²) in [6.07, 6.45) is 1.44. The molecule has 12 heavy (non-hydrogen) atoms. The van der Waals surface area contributed by atoms with Gasteiger partial charge in [-0.1, -0.05) is 13.2 Å². The number of aliphatic carboxylic acids is 2. The molecule has 0 unspecified atom stereocenters. The third-order valence-electron chi connectivity index (χ3n) is 0.333. The number of carboxylic acid groups (broad SMARTS) is 2. The van der Waals surface area contributed by atoms with E-state index in [2.05, 4.69) is 19.9 Å². The molecule has 0 atom stereocenters. The van der Waals surface area contributed by atoms with E-state index in [1.165, 1.54) is 0 Å². The van der Waals surface area contributed by atoms with Crippen LogP contribution in [0.2, 0.25) is 0 Å². The summed E-state index contributed by atoms with van der Waals surface area (Å²) in [6.45, 7) is 10.3. The van der Waals surface area contributed by atoms with E-state index >= 15 is 0 Å². The Balaban J connectivity index is -0.000000112. The van der Waals surface area contributed by atoms with E-state index in [-0.39, 0.29) is 0 Å². The molecule has 0 heterocycles. The molecule has 0 fully saturated rings. The molecule has 0 spiro atoms. The molecule has 0 N–H and O–H groups in total. The van der Waals surface area contributed by atoms with Crippen LogP contribution >= 0.6 is 0 Å². The molecule has 0 bridgehead atoms. The monoisotopic (exact) mass is 170 g/mol. The molecule has 0 aliphatic rings. The van der Waals surface area contributed by atoms with Gasteiger partial charge in [-0.25, -0.2) is 0 Å². The van der Waals surface area contributed by atoms with E-state index in [9.17, 15) is 0 Å². The molecule has 0 saturated heterocycles. The van der Waals surface area contributed by atoms with Gasteiger partial charge in [-0.15, -0.1) is 0 Å². The molecule has 0 aromatic carbocycles. The van der Waals surface area contributed by atoms with Crippen molar-refractivity contribution in [3.05, 3.63) is 25.3 Å². The summed E-state index contributed by atoms with van der Waals surface area (Å²) < 4.78 is 0. The van der Waals surface area contributed by atoms with Crippen LogP contribution in [0.15, 0.2) is 25.3 Å². The third kappa shape index (κ3) is 86.9. The molecule has 64 valence electrons. The molecule has 5 heteroatoms. The second-order valence-corrected chi connectivity index (χ2v) is 1.05. The fourth-order valence-electron chi connectivity index (χ4n) is 0. The minimum atomic E-state index is -1.23. The molecule has 0 saturated carbocycles. The van der Waals surface area contributed by atoms with Crippen LogP contribution in [-0.2, 0) is 14.4 Å². The summed E-state index contributed by atoms with van der Waals surface area (Å²) in [6, 6.07) is 0. The van der Waals surface area contributed by atoms with Crippen molar-refractivity contribution in [2.75, 3.05) is 0 Å². The van der Waals surface area contributed by atoms with E-state index in [0.717, 1.165) is 12.2 Å². The SMILES string of the molecule is C=CC(=O)[O-].C=CC(=O)[O-].[C+2]=O. The van der Waals surface area contributed by atoms with Crippen LogP contribution in [0, 0.1) is 0 Å². The van der Waals surface area contributed by atoms with Crippen LogP contribution in [0.5, 0.6) is 0 Å². The first-order chi connectivity index (χ1) is 5.54. The number of carboxylic acids is 2. The van der Waals surface area contributed by atoms with Gasteiger partial charge in [0.05, 0.1) is 11.9 Å². The maximum atomic E-state index is 9.14. The van der Waals surface area contributed by atoms with E-state index in [0.29, 0.717) is 0 Å². The number of carbonyl (C=O) groups is 2. The molecule has 0 aromatic rings. The van der Waals surface area contributed by atoms with Crippen molar-refractivity contribution in [1.82, 2.24) is 0 Å². The van der Waals surface area contributed by atoms with Gasteiger partial charge in [0.25, 0.3) is 0 Å². The summed E-state index contributed by atoms with van der Waals surface area (Å²) in [5.74, 6) is -2.46. The van der Waals surface area contributed by atoms with Crippen molar-refractivity contribution in [1.29, 1.82) is 0 Å². The first kappa shape index (κ1) is 16.7. The fraction of sp³-hybridized carbons (Fsp3) is 0. The molecule has 0 aliphatic heterocycles. The molecule has 0 rings (SSSR count). The summed E-state index contributed by atoms with van der Waals surface area (Å²) >= 11 is 0. The van der Waals surface area contributed by atoms with E-state index < -0.39 is 11.9 Å². The Kier molecular flexibility index (Phi) is 22.4. The van der Waals surface area contributed by atoms with Gasteiger partial charge >= 0.3 is 11.6 Å². The zero-order valence-electron chi connectivity index (χ0n) is 6.11. The van der Waals surface area contributed by atoms with Crippen LogP contribution in [-0.4, -0.2) is 18.7 Å². The second kappa shape index (κ2) is 16.1. The van der Waals surface area contributed by atoms with Crippen LogP contribution < -0.4 is 10.2 Å². The summed E-state index contributed by atoms with van der Waals surface area (Å²) in [5.41, 5.74) is 0. The summed E-state index contributed by atoms with van der Waals surface area (Å²) in [5, 5.41) is 18.3. The molecular formula is C7H6O5. The van der Waals surface area contributed by atoms with Gasteiger partial charge in [0, 0.05) is 0 Å². The molecule has 5 nitrogen and oxygen atoms in total. The Morgan fingerprint density at radius 3 is 1.08 bits per heavy atom. The average molecular weight is 170 g/mol. The van der Waals surface area contributed by atoms with Gasteiger partial charge in [-0.05, 0) is 12.2 Å². The predicted octanol–water partition coefficient (Wildman–Crippen LogP) is -2.55. The van der Waals surface area contributed by atoms with E-state index in [1.54, 1.807) is 0 Å². The predicted molar refractivity (Wildman–Crippen MR) is 36.1 cm³/mol. The van der Waals surface area contributed by atoms with Crippen molar-refractivity contribution in [2.45, 2.75) is 0 Å². The third-order valence-corrected chi connectivity index (χ3v) is 0.333. The molecule has 0 radical (unpaired) electrons. The topological polar surface area (TPSA) is 97.3 Å². The summed E-state index contributed by atoms with van der Waals surface area (Å²) in [7, 11) is 0. The van der Waals surface area contributed by atoms with Crippen LogP contribution in [0.1, 0.15) is 0 Å². The zero-order valence-corrected chi connectivity index (χ0v) is 6.11. The quantitative estimate of drug-likeness (QED) is 0.425. The maximum absolute atomic E-state index is 9.14. The van der Waals surface area contributed by atoms with Crippen molar-refractivity contribution < 1.29 is 24.6 Å². The fourth-order valence-corrected chi connectivity index (χ4v) is 0.